The van der Waals surface area contributed by atoms with Crippen LogP contribution in [0.2, 0.25) is 0 Å². The SMILES string of the molecule is CC(C)NC(=O)N1CCC[C@@H](O)[C@H](NC(=O)c2ccc(OCc3ccccc3)cc2)C1. The number of benzene rings is 2. The van der Waals surface area contributed by atoms with E-state index in [1.807, 2.05) is 44.2 Å². The number of urea groups is 1. The summed E-state index contributed by atoms with van der Waals surface area (Å²) >= 11 is 0. The van der Waals surface area contributed by atoms with Crippen LogP contribution in [-0.2, 0) is 6.61 Å². The average molecular weight is 426 g/mol. The number of hydrogen-bond donors (Lipinski definition) is 3. The van der Waals surface area contributed by atoms with Gasteiger partial charge in [0.05, 0.1) is 12.1 Å². The maximum atomic E-state index is 12.7. The number of likely N-dealkylation sites (tertiary alicyclic amines) is 1. The molecule has 1 aliphatic rings. The zero-order valence-corrected chi connectivity index (χ0v) is 18.1. The zero-order valence-electron chi connectivity index (χ0n) is 18.1. The molecular weight excluding hydrogens is 394 g/mol. The van der Waals surface area contributed by atoms with Crippen molar-refractivity contribution in [2.24, 2.45) is 0 Å². The molecule has 0 saturated carbocycles. The van der Waals surface area contributed by atoms with E-state index in [1.165, 1.54) is 0 Å². The second-order valence-electron chi connectivity index (χ2n) is 8.14. The van der Waals surface area contributed by atoms with Crippen molar-refractivity contribution < 1.29 is 19.4 Å². The van der Waals surface area contributed by atoms with E-state index in [9.17, 15) is 14.7 Å². The van der Waals surface area contributed by atoms with Crippen molar-refractivity contribution >= 4 is 11.9 Å². The molecule has 1 heterocycles. The normalized spacial score (nSPS) is 18.9. The van der Waals surface area contributed by atoms with E-state index in [4.69, 9.17) is 4.74 Å². The number of carbonyl (C=O) groups is 2. The molecule has 1 saturated heterocycles. The van der Waals surface area contributed by atoms with Crippen molar-refractivity contribution in [2.45, 2.75) is 51.5 Å². The molecule has 1 aliphatic heterocycles. The Morgan fingerprint density at radius 2 is 1.84 bits per heavy atom. The smallest absolute Gasteiger partial charge is 0.317 e. The number of aliphatic hydroxyl groups is 1. The summed E-state index contributed by atoms with van der Waals surface area (Å²) in [7, 11) is 0. The lowest BCUT2D eigenvalue weighted by Gasteiger charge is -2.28. The van der Waals surface area contributed by atoms with Crippen molar-refractivity contribution in [3.8, 4) is 5.75 Å². The molecule has 3 N–H and O–H groups in total. The van der Waals surface area contributed by atoms with Crippen LogP contribution in [0.4, 0.5) is 4.79 Å². The van der Waals surface area contributed by atoms with Gasteiger partial charge in [0.25, 0.3) is 5.91 Å². The van der Waals surface area contributed by atoms with Crippen LogP contribution in [0.3, 0.4) is 0 Å². The van der Waals surface area contributed by atoms with Crippen LogP contribution in [0.15, 0.2) is 54.6 Å². The molecule has 7 heteroatoms. The van der Waals surface area contributed by atoms with Crippen LogP contribution < -0.4 is 15.4 Å². The Morgan fingerprint density at radius 3 is 2.52 bits per heavy atom. The summed E-state index contributed by atoms with van der Waals surface area (Å²) in [5.74, 6) is 0.385. The molecule has 7 nitrogen and oxygen atoms in total. The fourth-order valence-corrected chi connectivity index (χ4v) is 3.50. The second kappa shape index (κ2) is 10.8. The van der Waals surface area contributed by atoms with E-state index >= 15 is 0 Å². The van der Waals surface area contributed by atoms with Gasteiger partial charge in [-0.25, -0.2) is 4.79 Å². The van der Waals surface area contributed by atoms with E-state index in [1.54, 1.807) is 29.2 Å². The number of hydrogen-bond acceptors (Lipinski definition) is 4. The Morgan fingerprint density at radius 1 is 1.13 bits per heavy atom. The number of rotatable bonds is 6. The maximum Gasteiger partial charge on any atom is 0.317 e. The van der Waals surface area contributed by atoms with Gasteiger partial charge in [0.2, 0.25) is 0 Å². The predicted molar refractivity (Wildman–Crippen MR) is 119 cm³/mol. The lowest BCUT2D eigenvalue weighted by atomic mass is 10.1. The van der Waals surface area contributed by atoms with Gasteiger partial charge in [-0.2, -0.15) is 0 Å². The molecule has 0 unspecified atom stereocenters. The summed E-state index contributed by atoms with van der Waals surface area (Å²) < 4.78 is 5.76. The number of ether oxygens (including phenoxy) is 1. The standard InChI is InChI=1S/C24H31N3O4/c1-17(2)25-24(30)27-14-6-9-22(28)21(15-27)26-23(29)19-10-12-20(13-11-19)31-16-18-7-4-3-5-8-18/h3-5,7-8,10-13,17,21-22,28H,6,9,14-16H2,1-2H3,(H,25,30)(H,26,29)/t21-,22-/m1/s1. The fourth-order valence-electron chi connectivity index (χ4n) is 3.50. The molecule has 0 radical (unpaired) electrons. The van der Waals surface area contributed by atoms with Gasteiger partial charge in [0.1, 0.15) is 12.4 Å². The van der Waals surface area contributed by atoms with Crippen molar-refractivity contribution in [1.29, 1.82) is 0 Å². The highest BCUT2D eigenvalue weighted by atomic mass is 16.5. The number of nitrogens with zero attached hydrogens (tertiary/aromatic N) is 1. The van der Waals surface area contributed by atoms with Gasteiger partial charge in [-0.05, 0) is 56.5 Å². The van der Waals surface area contributed by atoms with Crippen LogP contribution in [0.1, 0.15) is 42.6 Å². The topological polar surface area (TPSA) is 90.9 Å². The first-order valence-corrected chi connectivity index (χ1v) is 10.7. The molecule has 3 rings (SSSR count). The molecule has 2 aromatic rings. The molecule has 1 fully saturated rings. The predicted octanol–water partition coefficient (Wildman–Crippen LogP) is 2.94. The summed E-state index contributed by atoms with van der Waals surface area (Å²) in [6.45, 7) is 5.07. The Hall–Kier alpha value is -3.06. The van der Waals surface area contributed by atoms with Crippen LogP contribution in [0.5, 0.6) is 5.75 Å². The summed E-state index contributed by atoms with van der Waals surface area (Å²) in [6.07, 6.45) is 0.518. The van der Waals surface area contributed by atoms with Gasteiger partial charge in [-0.15, -0.1) is 0 Å². The molecule has 0 bridgehead atoms. The minimum atomic E-state index is -0.700. The van der Waals surface area contributed by atoms with Gasteiger partial charge in [0.15, 0.2) is 0 Å². The third-order valence-electron chi connectivity index (χ3n) is 5.19. The van der Waals surface area contributed by atoms with Crippen LogP contribution in [0, 0.1) is 0 Å². The summed E-state index contributed by atoms with van der Waals surface area (Å²) in [6, 6.07) is 16.1. The Bertz CT molecular complexity index is 855. The third kappa shape index (κ3) is 6.72. The lowest BCUT2D eigenvalue weighted by molar-refractivity contribution is 0.0808. The first-order chi connectivity index (χ1) is 14.9. The van der Waals surface area contributed by atoms with Gasteiger partial charge < -0.3 is 25.4 Å². The molecular formula is C24H31N3O4. The van der Waals surface area contributed by atoms with Crippen molar-refractivity contribution in [2.75, 3.05) is 13.1 Å². The number of aliphatic hydroxyl groups excluding tert-OH is 1. The summed E-state index contributed by atoms with van der Waals surface area (Å²) in [5.41, 5.74) is 1.54. The van der Waals surface area contributed by atoms with Gasteiger partial charge in [-0.3, -0.25) is 4.79 Å². The van der Waals surface area contributed by atoms with Crippen molar-refractivity contribution in [3.63, 3.8) is 0 Å². The van der Waals surface area contributed by atoms with E-state index in [0.717, 1.165) is 5.56 Å². The maximum absolute atomic E-state index is 12.7. The molecule has 2 aromatic carbocycles. The van der Waals surface area contributed by atoms with Crippen LogP contribution in [0.25, 0.3) is 0 Å². The third-order valence-corrected chi connectivity index (χ3v) is 5.19. The molecule has 0 spiro atoms. The molecule has 31 heavy (non-hydrogen) atoms. The highest BCUT2D eigenvalue weighted by Gasteiger charge is 2.29. The van der Waals surface area contributed by atoms with Gasteiger partial charge in [-0.1, -0.05) is 30.3 Å². The summed E-state index contributed by atoms with van der Waals surface area (Å²) in [5, 5.41) is 16.2. The van der Waals surface area contributed by atoms with E-state index in [0.29, 0.717) is 37.3 Å². The van der Waals surface area contributed by atoms with E-state index < -0.39 is 12.1 Å². The molecule has 0 aliphatic carbocycles. The van der Waals surface area contributed by atoms with E-state index in [2.05, 4.69) is 10.6 Å². The summed E-state index contributed by atoms with van der Waals surface area (Å²) in [4.78, 5) is 26.8. The highest BCUT2D eigenvalue weighted by molar-refractivity contribution is 5.94. The molecule has 2 atom stereocenters. The zero-order chi connectivity index (χ0) is 22.2. The Balaban J connectivity index is 1.57. The first kappa shape index (κ1) is 22.6. The van der Waals surface area contributed by atoms with Crippen LogP contribution >= 0.6 is 0 Å². The molecule has 166 valence electrons. The highest BCUT2D eigenvalue weighted by Crippen LogP contribution is 2.16. The number of nitrogens with one attached hydrogen (secondary N) is 2. The molecule has 3 amide bonds. The lowest BCUT2D eigenvalue weighted by Crippen LogP contribution is -2.52. The largest absolute Gasteiger partial charge is 0.489 e. The molecule has 0 aromatic heterocycles. The minimum absolute atomic E-state index is 0.0244. The first-order valence-electron chi connectivity index (χ1n) is 10.7. The van der Waals surface area contributed by atoms with E-state index in [-0.39, 0.29) is 24.5 Å². The van der Waals surface area contributed by atoms with Gasteiger partial charge >= 0.3 is 6.03 Å². The quantitative estimate of drug-likeness (QED) is 0.664. The van der Waals surface area contributed by atoms with Crippen LogP contribution in [-0.4, -0.2) is 53.2 Å². The average Bonchev–Trinajstić information content (AvgIpc) is 2.94. The Labute approximate surface area is 183 Å². The number of carbonyl (C=O) groups excluding carboxylic acids is 2. The monoisotopic (exact) mass is 425 g/mol. The minimum Gasteiger partial charge on any atom is -0.489 e. The second-order valence-corrected chi connectivity index (χ2v) is 8.14. The van der Waals surface area contributed by atoms with Crippen molar-refractivity contribution in [3.05, 3.63) is 65.7 Å². The Kier molecular flexibility index (Phi) is 7.89. The number of amides is 3. The fraction of sp³-hybridized carbons (Fsp3) is 0.417. The van der Waals surface area contributed by atoms with Gasteiger partial charge in [0, 0.05) is 24.7 Å². The van der Waals surface area contributed by atoms with Crippen molar-refractivity contribution in [1.82, 2.24) is 15.5 Å².